The van der Waals surface area contributed by atoms with Crippen LogP contribution in [0.25, 0.3) is 0 Å². The van der Waals surface area contributed by atoms with Gasteiger partial charge >= 0.3 is 0 Å². The van der Waals surface area contributed by atoms with Crippen LogP contribution in [0.3, 0.4) is 0 Å². The number of carbonyl (C=O) groups is 2. The summed E-state index contributed by atoms with van der Waals surface area (Å²) >= 11 is 1.21. The molecule has 1 unspecified atom stereocenters. The molecule has 2 aromatic carbocycles. The summed E-state index contributed by atoms with van der Waals surface area (Å²) in [6.45, 7) is 0.405. The molecule has 9 heteroatoms. The first-order valence-corrected chi connectivity index (χ1v) is 10.5. The second kappa shape index (κ2) is 10.2. The summed E-state index contributed by atoms with van der Waals surface area (Å²) in [5.74, 6) is 1.26. The van der Waals surface area contributed by atoms with Gasteiger partial charge in [0.15, 0.2) is 16.7 Å². The van der Waals surface area contributed by atoms with Crippen LogP contribution in [0.4, 0.5) is 5.69 Å². The Morgan fingerprint density at radius 1 is 1.10 bits per heavy atom. The first-order chi connectivity index (χ1) is 14.9. The molecule has 0 aliphatic carbocycles. The largest absolute Gasteiger partial charge is 0.497 e. The number of nitrogens with zero attached hydrogens (tertiary/aromatic N) is 2. The molecule has 1 aliphatic heterocycles. The third-order valence-electron chi connectivity index (χ3n) is 4.83. The second-order valence-corrected chi connectivity index (χ2v) is 7.96. The zero-order valence-corrected chi connectivity index (χ0v) is 18.5. The molecule has 2 N–H and O–H groups in total. The average Bonchev–Trinajstić information content (AvgIpc) is 2.78. The lowest BCUT2D eigenvalue weighted by Gasteiger charge is -2.31. The number of thioether (sulfide) groups is 1. The molecule has 3 rings (SSSR count). The Morgan fingerprint density at radius 3 is 2.42 bits per heavy atom. The minimum atomic E-state index is -0.637. The van der Waals surface area contributed by atoms with Crippen molar-refractivity contribution in [1.82, 2.24) is 4.90 Å². The number of benzene rings is 2. The number of ether oxygens (including phenoxy) is 3. The molecule has 0 spiro atoms. The quantitative estimate of drug-likeness (QED) is 0.673. The van der Waals surface area contributed by atoms with Crippen molar-refractivity contribution in [2.45, 2.75) is 18.1 Å². The Balaban J connectivity index is 1.83. The van der Waals surface area contributed by atoms with Gasteiger partial charge in [-0.3, -0.25) is 14.5 Å². The van der Waals surface area contributed by atoms with E-state index in [4.69, 9.17) is 19.9 Å². The molecule has 2 amide bonds. The number of carbonyl (C=O) groups excluding carboxylic acids is 2. The van der Waals surface area contributed by atoms with Crippen LogP contribution in [-0.2, 0) is 16.0 Å². The third kappa shape index (κ3) is 5.49. The van der Waals surface area contributed by atoms with Crippen molar-refractivity contribution in [2.75, 3.05) is 27.9 Å². The normalized spacial score (nSPS) is 17.5. The predicted molar refractivity (Wildman–Crippen MR) is 120 cm³/mol. The van der Waals surface area contributed by atoms with E-state index in [2.05, 4.69) is 4.99 Å². The number of amidine groups is 1. The summed E-state index contributed by atoms with van der Waals surface area (Å²) < 4.78 is 15.8. The van der Waals surface area contributed by atoms with E-state index < -0.39 is 11.2 Å². The van der Waals surface area contributed by atoms with E-state index >= 15 is 0 Å². The van der Waals surface area contributed by atoms with Crippen molar-refractivity contribution in [2.24, 2.45) is 10.7 Å². The maximum Gasteiger partial charge on any atom is 0.231 e. The van der Waals surface area contributed by atoms with Crippen molar-refractivity contribution >= 4 is 34.4 Å². The van der Waals surface area contributed by atoms with Crippen molar-refractivity contribution in [1.29, 1.82) is 0 Å². The average molecular weight is 444 g/mol. The van der Waals surface area contributed by atoms with Gasteiger partial charge in [0.2, 0.25) is 11.8 Å². The van der Waals surface area contributed by atoms with Crippen molar-refractivity contribution in [3.8, 4) is 17.2 Å². The highest BCUT2D eigenvalue weighted by molar-refractivity contribution is 8.15. The van der Waals surface area contributed by atoms with Crippen LogP contribution in [0.5, 0.6) is 17.2 Å². The Morgan fingerprint density at radius 2 is 1.81 bits per heavy atom. The Hall–Kier alpha value is -3.20. The fourth-order valence-corrected chi connectivity index (χ4v) is 4.19. The molecule has 0 saturated carbocycles. The van der Waals surface area contributed by atoms with Gasteiger partial charge in [-0.1, -0.05) is 17.8 Å². The summed E-state index contributed by atoms with van der Waals surface area (Å²) in [5, 5.41) is -0.187. The highest BCUT2D eigenvalue weighted by atomic mass is 32.2. The number of primary amides is 1. The van der Waals surface area contributed by atoms with E-state index in [9.17, 15) is 9.59 Å². The summed E-state index contributed by atoms with van der Waals surface area (Å²) in [4.78, 5) is 30.8. The number of hydrogen-bond donors (Lipinski definition) is 1. The SMILES string of the molecule is COc1ccc(N=C2SC(C(N)=O)CC(=O)N2CCc2ccc(OC)c(OC)c2)cc1. The molecule has 1 saturated heterocycles. The van der Waals surface area contributed by atoms with Crippen molar-refractivity contribution in [3.63, 3.8) is 0 Å². The minimum absolute atomic E-state index is 0.0492. The summed E-state index contributed by atoms with van der Waals surface area (Å²) in [5.41, 5.74) is 7.10. The Kier molecular flexibility index (Phi) is 7.41. The van der Waals surface area contributed by atoms with Crippen molar-refractivity contribution < 1.29 is 23.8 Å². The number of rotatable bonds is 8. The van der Waals surface area contributed by atoms with Crippen LogP contribution < -0.4 is 19.9 Å². The number of hydrogen-bond acceptors (Lipinski definition) is 7. The summed E-state index contributed by atoms with van der Waals surface area (Å²) in [7, 11) is 4.75. The molecule has 164 valence electrons. The van der Waals surface area contributed by atoms with Gasteiger partial charge in [-0.2, -0.15) is 0 Å². The molecule has 8 nitrogen and oxygen atoms in total. The van der Waals surface area contributed by atoms with E-state index in [0.717, 1.165) is 5.56 Å². The number of nitrogens with two attached hydrogens (primary N) is 1. The Bertz CT molecular complexity index is 978. The lowest BCUT2D eigenvalue weighted by molar-refractivity contribution is -0.129. The predicted octanol–water partition coefficient (Wildman–Crippen LogP) is 2.76. The van der Waals surface area contributed by atoms with Gasteiger partial charge < -0.3 is 19.9 Å². The molecule has 1 aliphatic rings. The van der Waals surface area contributed by atoms with Gasteiger partial charge in [-0.05, 0) is 48.4 Å². The maximum absolute atomic E-state index is 12.8. The van der Waals surface area contributed by atoms with Crippen LogP contribution in [0, 0.1) is 0 Å². The van der Waals surface area contributed by atoms with Gasteiger partial charge in [0, 0.05) is 13.0 Å². The van der Waals surface area contributed by atoms with E-state index in [0.29, 0.717) is 41.1 Å². The summed E-state index contributed by atoms with van der Waals surface area (Å²) in [6, 6.07) is 12.8. The van der Waals surface area contributed by atoms with E-state index in [1.807, 2.05) is 18.2 Å². The van der Waals surface area contributed by atoms with Crippen LogP contribution >= 0.6 is 11.8 Å². The Labute approximate surface area is 185 Å². The number of methoxy groups -OCH3 is 3. The third-order valence-corrected chi connectivity index (χ3v) is 6.03. The molecule has 31 heavy (non-hydrogen) atoms. The first kappa shape index (κ1) is 22.5. The van der Waals surface area contributed by atoms with E-state index in [1.165, 1.54) is 11.8 Å². The maximum atomic E-state index is 12.8. The molecular formula is C22H25N3O5S. The molecule has 0 bridgehead atoms. The molecule has 1 atom stereocenters. The van der Waals surface area contributed by atoms with Gasteiger partial charge in [0.05, 0.1) is 32.3 Å². The second-order valence-electron chi connectivity index (χ2n) is 6.79. The highest BCUT2D eigenvalue weighted by Gasteiger charge is 2.34. The molecule has 2 aromatic rings. The molecule has 1 heterocycles. The zero-order chi connectivity index (χ0) is 22.4. The first-order valence-electron chi connectivity index (χ1n) is 9.65. The fraction of sp³-hybridized carbons (Fsp3) is 0.318. The number of amides is 2. The molecule has 0 aromatic heterocycles. The highest BCUT2D eigenvalue weighted by Crippen LogP contribution is 2.31. The van der Waals surface area contributed by atoms with Gasteiger partial charge in [-0.15, -0.1) is 0 Å². The van der Waals surface area contributed by atoms with Crippen LogP contribution in [0.2, 0.25) is 0 Å². The van der Waals surface area contributed by atoms with Crippen LogP contribution in [0.1, 0.15) is 12.0 Å². The lowest BCUT2D eigenvalue weighted by Crippen LogP contribution is -2.46. The van der Waals surface area contributed by atoms with Gasteiger partial charge in [-0.25, -0.2) is 4.99 Å². The van der Waals surface area contributed by atoms with E-state index in [-0.39, 0.29) is 12.3 Å². The van der Waals surface area contributed by atoms with Crippen LogP contribution in [0.15, 0.2) is 47.5 Å². The smallest absolute Gasteiger partial charge is 0.231 e. The summed E-state index contributed by atoms with van der Waals surface area (Å²) in [6.07, 6.45) is 0.628. The van der Waals surface area contributed by atoms with Gasteiger partial charge in [0.1, 0.15) is 5.75 Å². The molecule has 1 fully saturated rings. The standard InChI is InChI=1S/C22H25N3O5S/c1-28-16-7-5-15(6-8-16)24-22-25(20(26)13-19(31-22)21(23)27)11-10-14-4-9-17(29-2)18(12-14)30-3/h4-9,12,19H,10-11,13H2,1-3H3,(H2,23,27). The number of aliphatic imine (C=N–C) groups is 1. The minimum Gasteiger partial charge on any atom is -0.497 e. The zero-order valence-electron chi connectivity index (χ0n) is 17.7. The monoisotopic (exact) mass is 443 g/mol. The fourth-order valence-electron chi connectivity index (χ4n) is 3.12. The van der Waals surface area contributed by atoms with Crippen LogP contribution in [-0.4, -0.2) is 55.0 Å². The molecule has 0 radical (unpaired) electrons. The van der Waals surface area contributed by atoms with Gasteiger partial charge in [0.25, 0.3) is 0 Å². The molecular weight excluding hydrogens is 418 g/mol. The topological polar surface area (TPSA) is 103 Å². The van der Waals surface area contributed by atoms with Crippen molar-refractivity contribution in [3.05, 3.63) is 48.0 Å². The lowest BCUT2D eigenvalue weighted by atomic mass is 10.1. The van der Waals surface area contributed by atoms with E-state index in [1.54, 1.807) is 50.5 Å².